The fourth-order valence-electron chi connectivity index (χ4n) is 7.48. The van der Waals surface area contributed by atoms with Crippen LogP contribution in [0, 0.1) is 29.1 Å². The second-order valence-electron chi connectivity index (χ2n) is 9.72. The van der Waals surface area contributed by atoms with Gasteiger partial charge in [0.2, 0.25) is 0 Å². The Hall–Kier alpha value is -0.600. The van der Waals surface area contributed by atoms with Gasteiger partial charge in [0.1, 0.15) is 0 Å². The summed E-state index contributed by atoms with van der Waals surface area (Å²) in [5, 5.41) is 21.6. The summed E-state index contributed by atoms with van der Waals surface area (Å²) in [7, 11) is 0. The first kappa shape index (κ1) is 17.8. The molecule has 0 bridgehead atoms. The van der Waals surface area contributed by atoms with E-state index in [1.165, 1.54) is 44.1 Å². The highest BCUT2D eigenvalue weighted by Crippen LogP contribution is 2.65. The van der Waals surface area contributed by atoms with Crippen molar-refractivity contribution in [3.63, 3.8) is 0 Å². The molecule has 2 nitrogen and oxygen atoms in total. The van der Waals surface area contributed by atoms with E-state index >= 15 is 0 Å². The summed E-state index contributed by atoms with van der Waals surface area (Å²) in [5.74, 6) is 2.52. The van der Waals surface area contributed by atoms with Crippen LogP contribution in [0.25, 0.3) is 0 Å². The first-order valence-electron chi connectivity index (χ1n) is 10.7. The number of fused-ring (bicyclic) bond motifs is 5. The van der Waals surface area contributed by atoms with Gasteiger partial charge in [-0.1, -0.05) is 38.5 Å². The maximum absolute atomic E-state index is 11.6. The molecular formula is C23H36O2. The average molecular weight is 345 g/mol. The highest BCUT2D eigenvalue weighted by molar-refractivity contribution is 5.28. The number of hydrogen-bond acceptors (Lipinski definition) is 2. The Labute approximate surface area is 153 Å². The summed E-state index contributed by atoms with van der Waals surface area (Å²) >= 11 is 0. The van der Waals surface area contributed by atoms with Gasteiger partial charge in [-0.15, -0.1) is 0 Å². The number of allylic oxidation sites excluding steroid dienone is 1. The Kier molecular flexibility index (Phi) is 4.44. The van der Waals surface area contributed by atoms with Crippen molar-refractivity contribution in [2.24, 2.45) is 29.1 Å². The minimum absolute atomic E-state index is 0.339. The van der Waals surface area contributed by atoms with Crippen molar-refractivity contribution in [2.45, 2.75) is 89.8 Å². The van der Waals surface area contributed by atoms with E-state index in [0.29, 0.717) is 23.2 Å². The fraction of sp³-hybridized carbons (Fsp3) is 0.826. The molecule has 4 rings (SSSR count). The standard InChI is InChI=1S/C23H36O2/c1-4-5-15(2)19-8-9-20-18-7-6-16-14-17(24)10-13-23(16,25)21(18)11-12-22(19,20)3/h14,17-21,24-25H,2,4-13H2,1,3H3/t17-,18-,19+,20-,21-,22+,23+/m0/s1. The maximum atomic E-state index is 11.6. The van der Waals surface area contributed by atoms with E-state index < -0.39 is 5.60 Å². The minimum Gasteiger partial charge on any atom is -0.389 e. The molecule has 25 heavy (non-hydrogen) atoms. The van der Waals surface area contributed by atoms with E-state index in [2.05, 4.69) is 20.4 Å². The highest BCUT2D eigenvalue weighted by Gasteiger charge is 2.59. The van der Waals surface area contributed by atoms with Gasteiger partial charge in [0.25, 0.3) is 0 Å². The van der Waals surface area contributed by atoms with Crippen LogP contribution in [-0.4, -0.2) is 21.9 Å². The van der Waals surface area contributed by atoms with Gasteiger partial charge in [0.15, 0.2) is 0 Å². The third-order valence-corrected chi connectivity index (χ3v) is 8.63. The molecule has 0 radical (unpaired) electrons. The van der Waals surface area contributed by atoms with Crippen LogP contribution in [0.5, 0.6) is 0 Å². The van der Waals surface area contributed by atoms with E-state index in [9.17, 15) is 10.2 Å². The van der Waals surface area contributed by atoms with Crippen molar-refractivity contribution in [1.29, 1.82) is 0 Å². The quantitative estimate of drug-likeness (QED) is 0.707. The SMILES string of the molecule is C=C(CCC)[C@H]1CC[C@H]2[C@@H]3CCC4=C[C@@H](O)CC[C@]4(O)[C@H]3CC[C@]12C. The summed E-state index contributed by atoms with van der Waals surface area (Å²) in [6.45, 7) is 9.26. The lowest BCUT2D eigenvalue weighted by Gasteiger charge is -2.57. The fourth-order valence-corrected chi connectivity index (χ4v) is 7.48. The molecule has 4 aliphatic carbocycles. The van der Waals surface area contributed by atoms with Crippen LogP contribution >= 0.6 is 0 Å². The Morgan fingerprint density at radius 1 is 1.16 bits per heavy atom. The van der Waals surface area contributed by atoms with Crippen LogP contribution in [0.1, 0.15) is 78.1 Å². The van der Waals surface area contributed by atoms with Gasteiger partial charge in [-0.3, -0.25) is 0 Å². The molecular weight excluding hydrogens is 308 g/mol. The number of aliphatic hydroxyl groups excluding tert-OH is 1. The predicted octanol–water partition coefficient (Wildman–Crippen LogP) is 5.01. The summed E-state index contributed by atoms with van der Waals surface area (Å²) in [6.07, 6.45) is 12.7. The summed E-state index contributed by atoms with van der Waals surface area (Å²) in [5.41, 5.74) is 2.42. The van der Waals surface area contributed by atoms with Gasteiger partial charge in [0.05, 0.1) is 11.7 Å². The third kappa shape index (κ3) is 2.58. The first-order valence-corrected chi connectivity index (χ1v) is 10.7. The summed E-state index contributed by atoms with van der Waals surface area (Å²) in [6, 6.07) is 0. The topological polar surface area (TPSA) is 40.5 Å². The number of rotatable bonds is 3. The van der Waals surface area contributed by atoms with Crippen LogP contribution < -0.4 is 0 Å². The third-order valence-electron chi connectivity index (χ3n) is 8.63. The van der Waals surface area contributed by atoms with Crippen molar-refractivity contribution in [3.8, 4) is 0 Å². The summed E-state index contributed by atoms with van der Waals surface area (Å²) in [4.78, 5) is 0. The number of hydrogen-bond donors (Lipinski definition) is 2. The van der Waals surface area contributed by atoms with E-state index in [1.807, 2.05) is 6.08 Å². The lowest BCUT2D eigenvalue weighted by atomic mass is 9.49. The Bertz CT molecular complexity index is 579. The lowest BCUT2D eigenvalue weighted by Crippen LogP contribution is -2.55. The van der Waals surface area contributed by atoms with E-state index in [1.54, 1.807) is 0 Å². The highest BCUT2D eigenvalue weighted by atomic mass is 16.3. The lowest BCUT2D eigenvalue weighted by molar-refractivity contribution is -0.110. The van der Waals surface area contributed by atoms with E-state index in [-0.39, 0.29) is 6.10 Å². The zero-order valence-corrected chi connectivity index (χ0v) is 16.1. The molecule has 0 aromatic carbocycles. The van der Waals surface area contributed by atoms with Gasteiger partial charge in [-0.2, -0.15) is 0 Å². The average Bonchev–Trinajstić information content (AvgIpc) is 2.93. The molecule has 0 aromatic rings. The van der Waals surface area contributed by atoms with Crippen molar-refractivity contribution >= 4 is 0 Å². The van der Waals surface area contributed by atoms with Crippen LogP contribution in [0.15, 0.2) is 23.8 Å². The molecule has 0 heterocycles. The monoisotopic (exact) mass is 344 g/mol. The van der Waals surface area contributed by atoms with Crippen molar-refractivity contribution in [2.75, 3.05) is 0 Å². The van der Waals surface area contributed by atoms with Crippen LogP contribution in [0.2, 0.25) is 0 Å². The van der Waals surface area contributed by atoms with Crippen molar-refractivity contribution < 1.29 is 10.2 Å². The molecule has 0 spiro atoms. The zero-order valence-electron chi connectivity index (χ0n) is 16.1. The van der Waals surface area contributed by atoms with Gasteiger partial charge in [-0.05, 0) is 92.4 Å². The molecule has 0 amide bonds. The molecule has 0 aliphatic heterocycles. The molecule has 7 atom stereocenters. The smallest absolute Gasteiger partial charge is 0.0889 e. The van der Waals surface area contributed by atoms with E-state index in [0.717, 1.165) is 37.2 Å². The molecule has 0 saturated heterocycles. The second-order valence-corrected chi connectivity index (χ2v) is 9.72. The van der Waals surface area contributed by atoms with Gasteiger partial charge in [0, 0.05) is 0 Å². The largest absolute Gasteiger partial charge is 0.389 e. The van der Waals surface area contributed by atoms with Crippen molar-refractivity contribution in [1.82, 2.24) is 0 Å². The predicted molar refractivity (Wildman–Crippen MR) is 102 cm³/mol. The second kappa shape index (κ2) is 6.23. The van der Waals surface area contributed by atoms with Crippen LogP contribution in [-0.2, 0) is 0 Å². The zero-order chi connectivity index (χ0) is 17.8. The molecule has 3 saturated carbocycles. The van der Waals surface area contributed by atoms with Crippen LogP contribution in [0.4, 0.5) is 0 Å². The van der Waals surface area contributed by atoms with Crippen LogP contribution in [0.3, 0.4) is 0 Å². The van der Waals surface area contributed by atoms with Gasteiger partial charge < -0.3 is 10.2 Å². The molecule has 2 heteroatoms. The van der Waals surface area contributed by atoms with E-state index in [4.69, 9.17) is 0 Å². The molecule has 0 aromatic heterocycles. The molecule has 0 unspecified atom stereocenters. The Balaban J connectivity index is 1.60. The first-order chi connectivity index (χ1) is 11.9. The normalized spacial score (nSPS) is 49.0. The summed E-state index contributed by atoms with van der Waals surface area (Å²) < 4.78 is 0. The Morgan fingerprint density at radius 3 is 2.72 bits per heavy atom. The van der Waals surface area contributed by atoms with Crippen molar-refractivity contribution in [3.05, 3.63) is 23.8 Å². The molecule has 2 N–H and O–H groups in total. The number of aliphatic hydroxyl groups is 2. The van der Waals surface area contributed by atoms with Gasteiger partial charge >= 0.3 is 0 Å². The minimum atomic E-state index is -0.623. The molecule has 140 valence electrons. The van der Waals surface area contributed by atoms with Gasteiger partial charge in [-0.25, -0.2) is 0 Å². The molecule has 3 fully saturated rings. The Morgan fingerprint density at radius 2 is 1.96 bits per heavy atom. The maximum Gasteiger partial charge on any atom is 0.0889 e. The molecule has 4 aliphatic rings.